The second-order valence-electron chi connectivity index (χ2n) is 5.46. The van der Waals surface area contributed by atoms with E-state index >= 15 is 0 Å². The molecule has 1 aromatic carbocycles. The summed E-state index contributed by atoms with van der Waals surface area (Å²) in [6.45, 7) is 3.34. The zero-order valence-corrected chi connectivity index (χ0v) is 13.8. The van der Waals surface area contributed by atoms with Gasteiger partial charge in [-0.25, -0.2) is 9.18 Å². The first kappa shape index (κ1) is 17.6. The van der Waals surface area contributed by atoms with Gasteiger partial charge in [-0.1, -0.05) is 12.1 Å². The number of rotatable bonds is 6. The standard InChI is InChI=1S/C18H18FNO4/c1-4-24-18(23)17(22)13-9-15(20(3)10-13)16(21)8-12-5-6-14(19)11(2)7-12/h5-7,9-10H,4,8H2,1-3H3. The van der Waals surface area contributed by atoms with Crippen LogP contribution in [-0.2, 0) is 23.0 Å². The van der Waals surface area contributed by atoms with Gasteiger partial charge in [0.05, 0.1) is 12.3 Å². The van der Waals surface area contributed by atoms with Crippen molar-refractivity contribution in [1.82, 2.24) is 4.57 Å². The fourth-order valence-electron chi connectivity index (χ4n) is 2.37. The molecule has 2 aromatic rings. The van der Waals surface area contributed by atoms with Gasteiger partial charge >= 0.3 is 5.97 Å². The number of carbonyl (C=O) groups excluding carboxylic acids is 3. The van der Waals surface area contributed by atoms with E-state index in [9.17, 15) is 18.8 Å². The smallest absolute Gasteiger partial charge is 0.379 e. The third-order valence-electron chi connectivity index (χ3n) is 3.60. The molecule has 0 aliphatic heterocycles. The molecule has 0 saturated carbocycles. The molecule has 126 valence electrons. The molecule has 0 aliphatic carbocycles. The van der Waals surface area contributed by atoms with Crippen LogP contribution in [0.2, 0.25) is 0 Å². The summed E-state index contributed by atoms with van der Waals surface area (Å²) in [6, 6.07) is 5.85. The van der Waals surface area contributed by atoms with Crippen molar-refractivity contribution in [3.8, 4) is 0 Å². The highest BCUT2D eigenvalue weighted by Gasteiger charge is 2.22. The number of nitrogens with zero attached hydrogens (tertiary/aromatic N) is 1. The van der Waals surface area contributed by atoms with Crippen LogP contribution in [0.25, 0.3) is 0 Å². The highest BCUT2D eigenvalue weighted by atomic mass is 19.1. The van der Waals surface area contributed by atoms with E-state index < -0.39 is 11.8 Å². The van der Waals surface area contributed by atoms with Crippen molar-refractivity contribution < 1.29 is 23.5 Å². The molecule has 0 amide bonds. The minimum absolute atomic E-state index is 0.0754. The molecule has 5 nitrogen and oxygen atoms in total. The summed E-state index contributed by atoms with van der Waals surface area (Å²) >= 11 is 0. The first-order valence-electron chi connectivity index (χ1n) is 7.49. The lowest BCUT2D eigenvalue weighted by atomic mass is 10.0. The number of hydrogen-bond donors (Lipinski definition) is 0. The molecular formula is C18H18FNO4. The van der Waals surface area contributed by atoms with Gasteiger partial charge in [0, 0.05) is 25.2 Å². The van der Waals surface area contributed by atoms with E-state index in [1.807, 2.05) is 0 Å². The van der Waals surface area contributed by atoms with Crippen LogP contribution < -0.4 is 0 Å². The van der Waals surface area contributed by atoms with Crippen LogP contribution in [0.15, 0.2) is 30.5 Å². The molecule has 0 unspecified atom stereocenters. The Morgan fingerprint density at radius 2 is 1.92 bits per heavy atom. The lowest BCUT2D eigenvalue weighted by molar-refractivity contribution is -0.137. The lowest BCUT2D eigenvalue weighted by Gasteiger charge is -2.04. The maximum Gasteiger partial charge on any atom is 0.379 e. The van der Waals surface area contributed by atoms with Gasteiger partial charge < -0.3 is 9.30 Å². The molecular weight excluding hydrogens is 313 g/mol. The van der Waals surface area contributed by atoms with Gasteiger partial charge in [0.2, 0.25) is 0 Å². The van der Waals surface area contributed by atoms with Crippen LogP contribution in [-0.4, -0.2) is 28.7 Å². The molecule has 0 fully saturated rings. The van der Waals surface area contributed by atoms with E-state index in [0.29, 0.717) is 16.8 Å². The van der Waals surface area contributed by atoms with Crippen LogP contribution in [0.1, 0.15) is 38.9 Å². The number of ketones is 2. The van der Waals surface area contributed by atoms with Crippen molar-refractivity contribution in [1.29, 1.82) is 0 Å². The van der Waals surface area contributed by atoms with E-state index in [-0.39, 0.29) is 30.2 Å². The van der Waals surface area contributed by atoms with Gasteiger partial charge in [-0.3, -0.25) is 9.59 Å². The average Bonchev–Trinajstić information content (AvgIpc) is 2.92. The predicted octanol–water partition coefficient (Wildman–Crippen LogP) is 2.64. The summed E-state index contributed by atoms with van der Waals surface area (Å²) in [4.78, 5) is 35.8. The maximum atomic E-state index is 13.3. The Kier molecular flexibility index (Phi) is 5.28. The van der Waals surface area contributed by atoms with Crippen molar-refractivity contribution in [2.75, 3.05) is 6.61 Å². The maximum absolute atomic E-state index is 13.3. The Balaban J connectivity index is 2.19. The molecule has 1 aromatic heterocycles. The Morgan fingerprint density at radius 3 is 2.54 bits per heavy atom. The molecule has 0 bridgehead atoms. The molecule has 0 spiro atoms. The fraction of sp³-hybridized carbons (Fsp3) is 0.278. The predicted molar refractivity (Wildman–Crippen MR) is 85.5 cm³/mol. The highest BCUT2D eigenvalue weighted by Crippen LogP contribution is 2.15. The van der Waals surface area contributed by atoms with Gasteiger partial charge in [0.15, 0.2) is 5.78 Å². The number of aryl methyl sites for hydroxylation is 2. The number of Topliss-reactive ketones (excluding diaryl/α,β-unsaturated/α-hetero) is 2. The van der Waals surface area contributed by atoms with E-state index in [2.05, 4.69) is 4.74 Å². The summed E-state index contributed by atoms with van der Waals surface area (Å²) in [6.07, 6.45) is 1.49. The first-order chi connectivity index (χ1) is 11.3. The van der Waals surface area contributed by atoms with Gasteiger partial charge in [-0.05, 0) is 37.1 Å². The topological polar surface area (TPSA) is 65.4 Å². The number of halogens is 1. The van der Waals surface area contributed by atoms with E-state index in [0.717, 1.165) is 0 Å². The number of ether oxygens (including phenoxy) is 1. The minimum atomic E-state index is -0.948. The second-order valence-corrected chi connectivity index (χ2v) is 5.46. The SMILES string of the molecule is CCOC(=O)C(=O)c1cc(C(=O)Cc2ccc(F)c(C)c2)n(C)c1. The Morgan fingerprint density at radius 1 is 1.21 bits per heavy atom. The van der Waals surface area contributed by atoms with Crippen molar-refractivity contribution in [2.24, 2.45) is 7.05 Å². The largest absolute Gasteiger partial charge is 0.460 e. The fourth-order valence-corrected chi connectivity index (χ4v) is 2.37. The van der Waals surface area contributed by atoms with Crippen molar-refractivity contribution in [3.05, 3.63) is 58.7 Å². The van der Waals surface area contributed by atoms with Crippen LogP contribution >= 0.6 is 0 Å². The summed E-state index contributed by atoms with van der Waals surface area (Å²) in [7, 11) is 1.62. The second kappa shape index (κ2) is 7.21. The van der Waals surface area contributed by atoms with Crippen LogP contribution in [0, 0.1) is 12.7 Å². The normalized spacial score (nSPS) is 10.5. The van der Waals surface area contributed by atoms with E-state index in [4.69, 9.17) is 0 Å². The minimum Gasteiger partial charge on any atom is -0.460 e. The molecule has 0 radical (unpaired) electrons. The zero-order valence-electron chi connectivity index (χ0n) is 13.8. The van der Waals surface area contributed by atoms with Crippen LogP contribution in [0.4, 0.5) is 4.39 Å². The summed E-state index contributed by atoms with van der Waals surface area (Å²) in [5, 5.41) is 0. The van der Waals surface area contributed by atoms with Gasteiger partial charge in [0.25, 0.3) is 5.78 Å². The number of hydrogen-bond acceptors (Lipinski definition) is 4. The summed E-state index contributed by atoms with van der Waals surface area (Å²) in [5.41, 5.74) is 1.54. The Bertz CT molecular complexity index is 807. The molecule has 0 saturated heterocycles. The van der Waals surface area contributed by atoms with Crippen LogP contribution in [0.5, 0.6) is 0 Å². The van der Waals surface area contributed by atoms with E-state index in [1.54, 1.807) is 33.0 Å². The molecule has 0 aliphatic rings. The molecule has 24 heavy (non-hydrogen) atoms. The van der Waals surface area contributed by atoms with Crippen molar-refractivity contribution in [2.45, 2.75) is 20.3 Å². The third-order valence-corrected chi connectivity index (χ3v) is 3.60. The third kappa shape index (κ3) is 3.76. The first-order valence-corrected chi connectivity index (χ1v) is 7.49. The monoisotopic (exact) mass is 331 g/mol. The number of esters is 1. The molecule has 0 atom stereocenters. The zero-order chi connectivity index (χ0) is 17.9. The Hall–Kier alpha value is -2.76. The molecule has 2 rings (SSSR count). The summed E-state index contributed by atoms with van der Waals surface area (Å²) < 4.78 is 19.4. The quantitative estimate of drug-likeness (QED) is 0.464. The van der Waals surface area contributed by atoms with Gasteiger partial charge in [-0.2, -0.15) is 0 Å². The van der Waals surface area contributed by atoms with Crippen molar-refractivity contribution >= 4 is 17.5 Å². The van der Waals surface area contributed by atoms with Gasteiger partial charge in [-0.15, -0.1) is 0 Å². The average molecular weight is 331 g/mol. The van der Waals surface area contributed by atoms with Crippen LogP contribution in [0.3, 0.4) is 0 Å². The van der Waals surface area contributed by atoms with Crippen molar-refractivity contribution in [3.63, 3.8) is 0 Å². The molecule has 1 heterocycles. The number of carbonyl (C=O) groups is 3. The molecule has 0 N–H and O–H groups in total. The Labute approximate surface area is 139 Å². The number of benzene rings is 1. The lowest BCUT2D eigenvalue weighted by Crippen LogP contribution is -2.16. The van der Waals surface area contributed by atoms with Gasteiger partial charge in [0.1, 0.15) is 5.82 Å². The summed E-state index contributed by atoms with van der Waals surface area (Å²) in [5.74, 6) is -2.29. The van der Waals surface area contributed by atoms with E-state index in [1.165, 1.54) is 22.9 Å². The highest BCUT2D eigenvalue weighted by molar-refractivity contribution is 6.40. The number of aromatic nitrogens is 1. The molecule has 6 heteroatoms.